The Balaban J connectivity index is 1.26. The van der Waals surface area contributed by atoms with Crippen molar-refractivity contribution in [2.24, 2.45) is 0 Å². The van der Waals surface area contributed by atoms with E-state index in [1.54, 1.807) is 13.4 Å². The third-order valence-corrected chi connectivity index (χ3v) is 6.97. The van der Waals surface area contributed by atoms with E-state index in [2.05, 4.69) is 14.8 Å². The molecule has 9 heteroatoms. The van der Waals surface area contributed by atoms with Gasteiger partial charge in [0.25, 0.3) is 0 Å². The number of para-hydroxylation sites is 2. The lowest BCUT2D eigenvalue weighted by Crippen LogP contribution is -2.33. The maximum Gasteiger partial charge on any atom is 0.196 e. The van der Waals surface area contributed by atoms with Crippen LogP contribution < -0.4 is 14.2 Å². The van der Waals surface area contributed by atoms with Gasteiger partial charge in [-0.25, -0.2) is 0 Å². The van der Waals surface area contributed by atoms with Crippen molar-refractivity contribution >= 4 is 17.5 Å². The normalized spacial score (nSPS) is 14.7. The summed E-state index contributed by atoms with van der Waals surface area (Å²) in [5.74, 6) is 2.59. The zero-order valence-corrected chi connectivity index (χ0v) is 20.6. The van der Waals surface area contributed by atoms with Gasteiger partial charge in [-0.15, -0.1) is 10.2 Å². The molecule has 1 aliphatic rings. The van der Waals surface area contributed by atoms with Crippen LogP contribution in [-0.4, -0.2) is 50.7 Å². The number of aryl methyl sites for hydroxylation is 1. The van der Waals surface area contributed by atoms with E-state index in [-0.39, 0.29) is 17.6 Å². The van der Waals surface area contributed by atoms with Gasteiger partial charge in [-0.2, -0.15) is 0 Å². The van der Waals surface area contributed by atoms with Gasteiger partial charge in [0.1, 0.15) is 18.7 Å². The molecule has 0 N–H and O–H groups in total. The largest absolute Gasteiger partial charge is 0.497 e. The Kier molecular flexibility index (Phi) is 6.50. The summed E-state index contributed by atoms with van der Waals surface area (Å²) >= 11 is 1.37. The monoisotopic (exact) mass is 490 g/mol. The summed E-state index contributed by atoms with van der Waals surface area (Å²) in [5, 5.41) is 8.88. The molecule has 5 rings (SSSR count). The Morgan fingerprint density at radius 1 is 1.14 bits per heavy atom. The van der Waals surface area contributed by atoms with Gasteiger partial charge in [0.15, 0.2) is 28.5 Å². The number of hydrogen-bond donors (Lipinski definition) is 0. The zero-order valence-electron chi connectivity index (χ0n) is 19.8. The molecule has 0 aliphatic carbocycles. The minimum absolute atomic E-state index is 0.0461. The zero-order chi connectivity index (χ0) is 24.4. The van der Waals surface area contributed by atoms with Crippen LogP contribution in [0.25, 0.3) is 5.69 Å². The van der Waals surface area contributed by atoms with E-state index >= 15 is 0 Å². The Bertz CT molecular complexity index is 1350. The molecule has 0 saturated heterocycles. The highest BCUT2D eigenvalue weighted by Gasteiger charge is 2.24. The average molecular weight is 491 g/mol. The molecule has 2 aromatic carbocycles. The number of fused-ring (bicyclic) bond motifs is 1. The third-order valence-electron chi connectivity index (χ3n) is 6.03. The summed E-state index contributed by atoms with van der Waals surface area (Å²) in [6.45, 7) is 5.06. The van der Waals surface area contributed by atoms with Crippen molar-refractivity contribution in [3.8, 4) is 22.9 Å². The van der Waals surface area contributed by atoms with E-state index in [0.29, 0.717) is 23.9 Å². The number of hydrogen-bond acceptors (Lipinski definition) is 7. The second-order valence-corrected chi connectivity index (χ2v) is 9.23. The highest BCUT2D eigenvalue weighted by Crippen LogP contribution is 2.32. The topological polar surface area (TPSA) is 80.4 Å². The Labute approximate surface area is 207 Å². The van der Waals surface area contributed by atoms with E-state index in [0.717, 1.165) is 34.3 Å². The fraction of sp³-hybridized carbons (Fsp3) is 0.269. The maximum absolute atomic E-state index is 13.1. The van der Waals surface area contributed by atoms with Crippen molar-refractivity contribution in [2.45, 2.75) is 31.7 Å². The Morgan fingerprint density at radius 3 is 2.69 bits per heavy atom. The number of nitrogens with zero attached hydrogens (tertiary/aromatic N) is 4. The molecule has 0 fully saturated rings. The lowest BCUT2D eigenvalue weighted by atomic mass is 10.2. The maximum atomic E-state index is 13.1. The summed E-state index contributed by atoms with van der Waals surface area (Å²) < 4.78 is 21.2. The van der Waals surface area contributed by atoms with Gasteiger partial charge in [0.2, 0.25) is 0 Å². The number of thioether (sulfide) groups is 1. The number of rotatable bonds is 8. The van der Waals surface area contributed by atoms with Gasteiger partial charge < -0.3 is 18.8 Å². The first kappa shape index (κ1) is 23.0. The summed E-state index contributed by atoms with van der Waals surface area (Å²) in [5.41, 5.74) is 3.55. The first-order valence-corrected chi connectivity index (χ1v) is 12.3. The molecule has 1 unspecified atom stereocenters. The quantitative estimate of drug-likeness (QED) is 0.266. The van der Waals surface area contributed by atoms with Crippen molar-refractivity contribution in [3.63, 3.8) is 0 Å². The summed E-state index contributed by atoms with van der Waals surface area (Å²) in [6.07, 6.45) is 1.51. The molecule has 0 radical (unpaired) electrons. The SMILES string of the molecule is COc1ccc(-n2cnnc2SCC(=O)c2cc(C)n(CC3COc4ccccc4O3)c2C)cc1. The molecule has 0 saturated carbocycles. The molecule has 0 amide bonds. The predicted molar refractivity (Wildman–Crippen MR) is 133 cm³/mol. The highest BCUT2D eigenvalue weighted by atomic mass is 32.2. The van der Waals surface area contributed by atoms with Crippen LogP contribution in [0.1, 0.15) is 21.7 Å². The van der Waals surface area contributed by atoms with E-state index in [1.807, 2.05) is 73.0 Å². The summed E-state index contributed by atoms with van der Waals surface area (Å²) in [6, 6.07) is 17.2. The van der Waals surface area contributed by atoms with Crippen LogP contribution in [0.5, 0.6) is 17.2 Å². The van der Waals surface area contributed by atoms with Crippen LogP contribution in [0.4, 0.5) is 0 Å². The van der Waals surface area contributed by atoms with Crippen LogP contribution in [0.15, 0.2) is 66.1 Å². The molecule has 4 aromatic rings. The summed E-state index contributed by atoms with van der Waals surface area (Å²) in [4.78, 5) is 13.1. The molecule has 35 heavy (non-hydrogen) atoms. The molecule has 0 bridgehead atoms. The van der Waals surface area contributed by atoms with Crippen LogP contribution in [-0.2, 0) is 6.54 Å². The van der Waals surface area contributed by atoms with Gasteiger partial charge in [0.05, 0.1) is 19.4 Å². The van der Waals surface area contributed by atoms with E-state index in [4.69, 9.17) is 14.2 Å². The van der Waals surface area contributed by atoms with E-state index in [1.165, 1.54) is 11.8 Å². The second-order valence-electron chi connectivity index (χ2n) is 8.29. The standard InChI is InChI=1S/C26H26N4O4S/c1-17-12-22(18(2)29(17)13-21-14-33-24-6-4-5-7-25(24)34-21)23(31)15-35-26-28-27-16-30(26)19-8-10-20(32-3)11-9-19/h4-12,16,21H,13-15H2,1-3H3. The van der Waals surface area contributed by atoms with Crippen LogP contribution >= 0.6 is 11.8 Å². The molecular weight excluding hydrogens is 464 g/mol. The van der Waals surface area contributed by atoms with Gasteiger partial charge in [-0.05, 0) is 56.3 Å². The number of Topliss-reactive ketones (excluding diaryl/α,β-unsaturated/α-hetero) is 1. The van der Waals surface area contributed by atoms with Gasteiger partial charge in [-0.3, -0.25) is 9.36 Å². The first-order valence-electron chi connectivity index (χ1n) is 11.3. The number of aromatic nitrogens is 4. The first-order chi connectivity index (χ1) is 17.0. The predicted octanol–water partition coefficient (Wildman–Crippen LogP) is 4.51. The van der Waals surface area contributed by atoms with Crippen LogP contribution in [0.3, 0.4) is 0 Å². The molecule has 2 aromatic heterocycles. The lowest BCUT2D eigenvalue weighted by Gasteiger charge is -2.27. The molecular formula is C26H26N4O4S. The number of ketones is 1. The average Bonchev–Trinajstić information content (AvgIpc) is 3.47. The van der Waals surface area contributed by atoms with Crippen molar-refractivity contribution in [2.75, 3.05) is 19.5 Å². The van der Waals surface area contributed by atoms with Gasteiger partial charge >= 0.3 is 0 Å². The number of benzene rings is 2. The second kappa shape index (κ2) is 9.87. The fourth-order valence-corrected chi connectivity index (χ4v) is 4.98. The van der Waals surface area contributed by atoms with Crippen molar-refractivity contribution in [3.05, 3.63) is 77.9 Å². The number of ether oxygens (including phenoxy) is 3. The van der Waals surface area contributed by atoms with E-state index < -0.39 is 0 Å². The molecule has 8 nitrogen and oxygen atoms in total. The van der Waals surface area contributed by atoms with Gasteiger partial charge in [0, 0.05) is 22.6 Å². The van der Waals surface area contributed by atoms with Crippen molar-refractivity contribution < 1.29 is 19.0 Å². The highest BCUT2D eigenvalue weighted by molar-refractivity contribution is 7.99. The van der Waals surface area contributed by atoms with Crippen LogP contribution in [0, 0.1) is 13.8 Å². The molecule has 1 aliphatic heterocycles. The Hall–Kier alpha value is -3.72. The van der Waals surface area contributed by atoms with Crippen LogP contribution in [0.2, 0.25) is 0 Å². The number of carbonyl (C=O) groups is 1. The molecule has 0 spiro atoms. The molecule has 3 heterocycles. The summed E-state index contributed by atoms with van der Waals surface area (Å²) in [7, 11) is 1.63. The third kappa shape index (κ3) is 4.77. The molecule has 1 atom stereocenters. The smallest absolute Gasteiger partial charge is 0.196 e. The van der Waals surface area contributed by atoms with E-state index in [9.17, 15) is 4.79 Å². The minimum Gasteiger partial charge on any atom is -0.497 e. The number of carbonyl (C=O) groups excluding carboxylic acids is 1. The molecule has 180 valence electrons. The van der Waals surface area contributed by atoms with Gasteiger partial charge in [-0.1, -0.05) is 23.9 Å². The lowest BCUT2D eigenvalue weighted by molar-refractivity contribution is 0.0777. The van der Waals surface area contributed by atoms with Crippen molar-refractivity contribution in [1.29, 1.82) is 0 Å². The Morgan fingerprint density at radius 2 is 1.91 bits per heavy atom. The minimum atomic E-state index is -0.130. The number of methoxy groups -OCH3 is 1. The fourth-order valence-electron chi connectivity index (χ4n) is 4.17. The van der Waals surface area contributed by atoms with Crippen molar-refractivity contribution in [1.82, 2.24) is 19.3 Å².